The summed E-state index contributed by atoms with van der Waals surface area (Å²) >= 11 is 0. The van der Waals surface area contributed by atoms with E-state index in [2.05, 4.69) is 205 Å². The van der Waals surface area contributed by atoms with Crippen LogP contribution in [0.15, 0.2) is 210 Å². The molecule has 8 aromatic carbocycles. The highest BCUT2D eigenvalue weighted by Gasteiger charge is 2.19. The summed E-state index contributed by atoms with van der Waals surface area (Å²) in [5.74, 6) is 0.693. The Morgan fingerprint density at radius 1 is 0.484 bits per heavy atom. The highest BCUT2D eigenvalue weighted by molar-refractivity contribution is 6.16. The third-order valence-corrected chi connectivity index (χ3v) is 13.7. The SMILES string of the molecule is C1=C(c2cccc(-c3cccc4oc5ccc(-c6ccc7c(c6)c6ccccc6n7-c6ccc(C7CCCCC7)cc6)cc5c34)c2)/N=C(c2ccccc2)/C=C(/c2ccccc2)CC\1. The van der Waals surface area contributed by atoms with Crippen molar-refractivity contribution in [1.29, 1.82) is 0 Å². The lowest BCUT2D eigenvalue weighted by molar-refractivity contribution is 0.443. The summed E-state index contributed by atoms with van der Waals surface area (Å²) in [7, 11) is 0. The molecule has 10 aromatic rings. The number of benzene rings is 8. The zero-order valence-corrected chi connectivity index (χ0v) is 35.9. The number of nitrogens with zero attached hydrogens (tertiary/aromatic N) is 2. The van der Waals surface area contributed by atoms with Crippen LogP contribution in [0.3, 0.4) is 0 Å². The topological polar surface area (TPSA) is 30.4 Å². The monoisotopic (exact) mass is 824 g/mol. The molecule has 0 N–H and O–H groups in total. The molecule has 3 heteroatoms. The van der Waals surface area contributed by atoms with E-state index in [-0.39, 0.29) is 0 Å². The summed E-state index contributed by atoms with van der Waals surface area (Å²) in [6.07, 6.45) is 13.1. The second-order valence-corrected chi connectivity index (χ2v) is 17.6. The minimum atomic E-state index is 0.693. The van der Waals surface area contributed by atoms with E-state index in [1.807, 2.05) is 0 Å². The molecule has 0 bridgehead atoms. The highest BCUT2D eigenvalue weighted by atomic mass is 16.3. The van der Waals surface area contributed by atoms with Gasteiger partial charge in [0.05, 0.1) is 22.4 Å². The minimum absolute atomic E-state index is 0.693. The van der Waals surface area contributed by atoms with E-state index in [1.54, 1.807) is 0 Å². The molecule has 1 fully saturated rings. The molecule has 1 aliphatic heterocycles. The molecule has 0 atom stereocenters. The van der Waals surface area contributed by atoms with Crippen molar-refractivity contribution in [3.05, 3.63) is 222 Å². The van der Waals surface area contributed by atoms with E-state index in [0.717, 1.165) is 68.4 Å². The number of aromatic nitrogens is 1. The number of allylic oxidation sites excluding steroid dienone is 3. The number of fused-ring (bicyclic) bond motifs is 6. The number of furan rings is 1. The number of para-hydroxylation sites is 1. The van der Waals surface area contributed by atoms with Gasteiger partial charge in [-0.1, -0.05) is 159 Å². The fraction of sp³-hybridized carbons (Fsp3) is 0.131. The van der Waals surface area contributed by atoms with Crippen LogP contribution in [0, 0.1) is 0 Å². The third kappa shape index (κ3) is 6.98. The number of aliphatic imine (C=N–C) groups is 1. The van der Waals surface area contributed by atoms with Gasteiger partial charge in [0.2, 0.25) is 0 Å². The van der Waals surface area contributed by atoms with Crippen molar-refractivity contribution in [1.82, 2.24) is 4.57 Å². The summed E-state index contributed by atoms with van der Waals surface area (Å²) in [4.78, 5) is 5.40. The summed E-state index contributed by atoms with van der Waals surface area (Å²) < 4.78 is 9.01. The summed E-state index contributed by atoms with van der Waals surface area (Å²) in [5.41, 5.74) is 18.3. The van der Waals surface area contributed by atoms with Crippen molar-refractivity contribution in [2.75, 3.05) is 0 Å². The van der Waals surface area contributed by atoms with Crippen molar-refractivity contribution in [2.45, 2.75) is 50.9 Å². The summed E-state index contributed by atoms with van der Waals surface area (Å²) in [6, 6.07) is 68.4. The van der Waals surface area contributed by atoms with E-state index in [9.17, 15) is 0 Å². The Labute approximate surface area is 374 Å². The second kappa shape index (κ2) is 16.3. The van der Waals surface area contributed by atoms with E-state index < -0.39 is 0 Å². The summed E-state index contributed by atoms with van der Waals surface area (Å²) in [5, 5.41) is 4.76. The largest absolute Gasteiger partial charge is 0.456 e. The van der Waals surface area contributed by atoms with Crippen LogP contribution in [0.1, 0.15) is 73.1 Å². The van der Waals surface area contributed by atoms with E-state index >= 15 is 0 Å². The zero-order valence-electron chi connectivity index (χ0n) is 35.9. The van der Waals surface area contributed by atoms with Crippen LogP contribution in [0.25, 0.3) is 83.0 Å². The first-order valence-corrected chi connectivity index (χ1v) is 23.0. The van der Waals surface area contributed by atoms with E-state index in [4.69, 9.17) is 9.41 Å². The van der Waals surface area contributed by atoms with Crippen LogP contribution in [-0.4, -0.2) is 10.3 Å². The van der Waals surface area contributed by atoms with Crippen molar-refractivity contribution >= 4 is 60.7 Å². The Morgan fingerprint density at radius 3 is 2.00 bits per heavy atom. The quantitative estimate of drug-likeness (QED) is 0.157. The van der Waals surface area contributed by atoms with Crippen LogP contribution in [0.2, 0.25) is 0 Å². The fourth-order valence-corrected chi connectivity index (χ4v) is 10.5. The van der Waals surface area contributed by atoms with Crippen LogP contribution in [0.5, 0.6) is 0 Å². The van der Waals surface area contributed by atoms with E-state index in [0.29, 0.717) is 5.92 Å². The predicted octanol–water partition coefficient (Wildman–Crippen LogP) is 16.8. The normalized spacial score (nSPS) is 17.4. The zero-order chi connectivity index (χ0) is 42.4. The van der Waals surface area contributed by atoms with Crippen molar-refractivity contribution in [3.63, 3.8) is 0 Å². The van der Waals surface area contributed by atoms with Crippen molar-refractivity contribution in [3.8, 4) is 27.9 Å². The Hall–Kier alpha value is -7.49. The molecule has 3 nitrogen and oxygen atoms in total. The van der Waals surface area contributed by atoms with Crippen molar-refractivity contribution < 1.29 is 4.42 Å². The third-order valence-electron chi connectivity index (χ3n) is 13.7. The standard InChI is InChI=1S/C61H48N2O/c1-4-15-41(16-5-1)43-29-33-50(34-30-43)63-57-27-11-10-24-52(57)53-38-46(31-35-58(53)63)47-32-36-59-54(39-47)61-51(25-14-28-60(61)64-59)48-22-12-23-49(37-48)55-26-13-21-45(42-17-6-2-7-18-42)40-56(62-55)44-19-8-3-9-20-44/h2-3,6-12,14,17-20,22-41H,1,4-5,13,15-16,21H2/b45-40+,55-26-,62-56-. The predicted molar refractivity (Wildman–Crippen MR) is 269 cm³/mol. The lowest BCUT2D eigenvalue weighted by Crippen LogP contribution is -2.04. The molecule has 0 saturated heterocycles. The van der Waals surface area contributed by atoms with Crippen LogP contribution in [-0.2, 0) is 0 Å². The Kier molecular flexibility index (Phi) is 9.75. The van der Waals surface area contributed by atoms with Crippen LogP contribution in [0.4, 0.5) is 0 Å². The molecule has 3 heterocycles. The second-order valence-electron chi connectivity index (χ2n) is 17.6. The smallest absolute Gasteiger partial charge is 0.136 e. The van der Waals surface area contributed by atoms with Gasteiger partial charge in [0.25, 0.3) is 0 Å². The maximum Gasteiger partial charge on any atom is 0.136 e. The van der Waals surface area contributed by atoms with Gasteiger partial charge in [-0.2, -0.15) is 0 Å². The molecule has 12 rings (SSSR count). The average molecular weight is 825 g/mol. The lowest BCUT2D eigenvalue weighted by atomic mass is 9.84. The molecule has 1 aliphatic carbocycles. The number of hydrogen-bond donors (Lipinski definition) is 0. The minimum Gasteiger partial charge on any atom is -0.456 e. The molecule has 0 spiro atoms. The Balaban J connectivity index is 0.922. The van der Waals surface area contributed by atoms with Gasteiger partial charge in [0.1, 0.15) is 11.2 Å². The molecule has 2 aliphatic rings. The first kappa shape index (κ1) is 38.2. The maximum atomic E-state index is 6.58. The molecule has 0 radical (unpaired) electrons. The van der Waals surface area contributed by atoms with Crippen LogP contribution >= 0.6 is 0 Å². The summed E-state index contributed by atoms with van der Waals surface area (Å²) in [6.45, 7) is 0. The molecule has 1 saturated carbocycles. The molecule has 0 unspecified atom stereocenters. The van der Waals surface area contributed by atoms with Gasteiger partial charge in [-0.05, 0) is 131 Å². The fourth-order valence-electron chi connectivity index (χ4n) is 10.5. The molecule has 0 amide bonds. The first-order chi connectivity index (χ1) is 31.7. The number of rotatable bonds is 7. The van der Waals surface area contributed by atoms with Gasteiger partial charge in [-0.3, -0.25) is 0 Å². The van der Waals surface area contributed by atoms with Crippen molar-refractivity contribution in [2.24, 2.45) is 4.99 Å². The molecule has 64 heavy (non-hydrogen) atoms. The van der Waals surface area contributed by atoms with Crippen LogP contribution < -0.4 is 0 Å². The van der Waals surface area contributed by atoms with Gasteiger partial charge >= 0.3 is 0 Å². The Morgan fingerprint density at radius 2 is 1.17 bits per heavy atom. The van der Waals surface area contributed by atoms with Gasteiger partial charge < -0.3 is 8.98 Å². The van der Waals surface area contributed by atoms with Gasteiger partial charge in [-0.15, -0.1) is 0 Å². The highest BCUT2D eigenvalue weighted by Crippen LogP contribution is 2.41. The van der Waals surface area contributed by atoms with E-state index in [1.165, 1.54) is 87.4 Å². The molecule has 308 valence electrons. The number of hydrogen-bond acceptors (Lipinski definition) is 2. The molecular formula is C61H48N2O. The van der Waals surface area contributed by atoms with Gasteiger partial charge in [0.15, 0.2) is 0 Å². The Bertz CT molecular complexity index is 3450. The average Bonchev–Trinajstić information content (AvgIpc) is 3.90. The first-order valence-electron chi connectivity index (χ1n) is 23.0. The van der Waals surface area contributed by atoms with Gasteiger partial charge in [0, 0.05) is 38.4 Å². The maximum absolute atomic E-state index is 6.58. The van der Waals surface area contributed by atoms with Gasteiger partial charge in [-0.25, -0.2) is 4.99 Å². The lowest BCUT2D eigenvalue weighted by Gasteiger charge is -2.22. The molecular weight excluding hydrogens is 777 g/mol. The molecule has 2 aromatic heterocycles.